The summed E-state index contributed by atoms with van der Waals surface area (Å²) in [6.45, 7) is 4.42. The van der Waals surface area contributed by atoms with Gasteiger partial charge in [-0.2, -0.15) is 0 Å². The second-order valence-electron chi connectivity index (χ2n) is 8.48. The van der Waals surface area contributed by atoms with Gasteiger partial charge in [-0.25, -0.2) is 0 Å². The summed E-state index contributed by atoms with van der Waals surface area (Å²) in [6, 6.07) is 16.4. The van der Waals surface area contributed by atoms with Crippen molar-refractivity contribution in [2.75, 3.05) is 32.8 Å². The van der Waals surface area contributed by atoms with Crippen LogP contribution in [0.1, 0.15) is 16.7 Å². The number of hydrogen-bond acceptors (Lipinski definition) is 5. The summed E-state index contributed by atoms with van der Waals surface area (Å²) in [6.07, 6.45) is 3.77. The number of amides is 3. The van der Waals surface area contributed by atoms with Crippen molar-refractivity contribution in [2.24, 2.45) is 0 Å². The first-order valence-corrected chi connectivity index (χ1v) is 12.1. The Labute approximate surface area is 202 Å². The third-order valence-electron chi connectivity index (χ3n) is 6.11. The number of rotatable bonds is 5. The summed E-state index contributed by atoms with van der Waals surface area (Å²) < 4.78 is 7.42. The molecule has 2 aromatic carbocycles. The van der Waals surface area contributed by atoms with E-state index >= 15 is 0 Å². The maximum Gasteiger partial charge on any atom is 0.294 e. The van der Waals surface area contributed by atoms with E-state index in [1.54, 1.807) is 11.0 Å². The van der Waals surface area contributed by atoms with Gasteiger partial charge in [-0.1, -0.05) is 48.0 Å². The van der Waals surface area contributed by atoms with Gasteiger partial charge in [0.05, 0.1) is 18.1 Å². The number of aromatic nitrogens is 1. The van der Waals surface area contributed by atoms with Gasteiger partial charge in [-0.05, 0) is 36.4 Å². The predicted octanol–water partition coefficient (Wildman–Crippen LogP) is 3.89. The van der Waals surface area contributed by atoms with Crippen molar-refractivity contribution < 1.29 is 19.1 Å². The summed E-state index contributed by atoms with van der Waals surface area (Å²) in [4.78, 5) is 41.2. The van der Waals surface area contributed by atoms with Crippen molar-refractivity contribution in [1.82, 2.24) is 14.4 Å². The first kappa shape index (κ1) is 22.4. The van der Waals surface area contributed by atoms with Crippen LogP contribution in [-0.4, -0.2) is 64.3 Å². The number of hydrogen-bond donors (Lipinski definition) is 0. The molecule has 7 nitrogen and oxygen atoms in total. The lowest BCUT2D eigenvalue weighted by Crippen LogP contribution is -2.46. The van der Waals surface area contributed by atoms with Crippen LogP contribution in [0.15, 0.2) is 59.6 Å². The van der Waals surface area contributed by atoms with Crippen LogP contribution in [0.5, 0.6) is 0 Å². The Morgan fingerprint density at radius 2 is 1.79 bits per heavy atom. The Balaban J connectivity index is 1.39. The number of fused-ring (bicyclic) bond motifs is 1. The zero-order valence-corrected chi connectivity index (χ0v) is 19.7. The fourth-order valence-electron chi connectivity index (χ4n) is 4.24. The summed E-state index contributed by atoms with van der Waals surface area (Å²) in [7, 11) is 0. The van der Waals surface area contributed by atoms with Gasteiger partial charge in [0.15, 0.2) is 0 Å². The number of imide groups is 1. The first-order chi connectivity index (χ1) is 16.5. The molecule has 0 saturated carbocycles. The molecule has 3 heterocycles. The van der Waals surface area contributed by atoms with Gasteiger partial charge in [0.25, 0.3) is 11.1 Å². The molecule has 3 amide bonds. The highest BCUT2D eigenvalue weighted by Gasteiger charge is 2.37. The Bertz CT molecular complexity index is 1290. The number of benzene rings is 2. The number of nitrogens with zero attached hydrogens (tertiary/aromatic N) is 3. The molecule has 8 heteroatoms. The van der Waals surface area contributed by atoms with Gasteiger partial charge in [0, 0.05) is 42.3 Å². The van der Waals surface area contributed by atoms with Crippen molar-refractivity contribution in [2.45, 2.75) is 13.5 Å². The molecule has 0 spiro atoms. The standard InChI is InChI=1S/C26H25N3O4S/c1-18-6-8-19(9-7-18)15-28-16-20(21-4-2-3-5-22(21)28)14-23-25(31)29(26(32)34-23)17-24(30)27-10-12-33-13-11-27/h2-9,14,16H,10-13,15,17H2,1H3/b23-14-. The van der Waals surface area contributed by atoms with Crippen LogP contribution in [0.3, 0.4) is 0 Å². The Hall–Kier alpha value is -3.36. The Morgan fingerprint density at radius 3 is 2.56 bits per heavy atom. The molecule has 2 saturated heterocycles. The summed E-state index contributed by atoms with van der Waals surface area (Å²) >= 11 is 0.883. The van der Waals surface area contributed by atoms with E-state index in [4.69, 9.17) is 4.74 Å². The second-order valence-corrected chi connectivity index (χ2v) is 9.47. The number of aryl methyl sites for hydroxylation is 1. The van der Waals surface area contributed by atoms with E-state index in [9.17, 15) is 14.4 Å². The lowest BCUT2D eigenvalue weighted by Gasteiger charge is -2.28. The van der Waals surface area contributed by atoms with Gasteiger partial charge < -0.3 is 14.2 Å². The molecule has 0 unspecified atom stereocenters. The van der Waals surface area contributed by atoms with Crippen LogP contribution in [0, 0.1) is 6.92 Å². The predicted molar refractivity (Wildman–Crippen MR) is 132 cm³/mol. The average molecular weight is 476 g/mol. The van der Waals surface area contributed by atoms with Crippen molar-refractivity contribution in [3.8, 4) is 0 Å². The van der Waals surface area contributed by atoms with E-state index in [-0.39, 0.29) is 12.5 Å². The molecule has 0 aliphatic carbocycles. The van der Waals surface area contributed by atoms with E-state index in [2.05, 4.69) is 35.8 Å². The van der Waals surface area contributed by atoms with Crippen molar-refractivity contribution >= 4 is 45.8 Å². The average Bonchev–Trinajstić information content (AvgIpc) is 3.33. The normalized spacial score (nSPS) is 17.9. The molecule has 0 atom stereocenters. The maximum absolute atomic E-state index is 13.0. The van der Waals surface area contributed by atoms with Crippen LogP contribution < -0.4 is 0 Å². The second kappa shape index (κ2) is 9.48. The van der Waals surface area contributed by atoms with Crippen molar-refractivity contribution in [3.63, 3.8) is 0 Å². The van der Waals surface area contributed by atoms with Crippen LogP contribution in [0.2, 0.25) is 0 Å². The molecule has 2 aliphatic heterocycles. The highest BCUT2D eigenvalue weighted by atomic mass is 32.2. The number of carbonyl (C=O) groups excluding carboxylic acids is 3. The SMILES string of the molecule is Cc1ccc(Cn2cc(/C=C3\SC(=O)N(CC(=O)N4CCOCC4)C3=O)c3ccccc32)cc1. The molecule has 2 fully saturated rings. The lowest BCUT2D eigenvalue weighted by atomic mass is 10.1. The van der Waals surface area contributed by atoms with Crippen LogP contribution in [0.25, 0.3) is 17.0 Å². The highest BCUT2D eigenvalue weighted by molar-refractivity contribution is 8.18. The number of thioether (sulfide) groups is 1. The largest absolute Gasteiger partial charge is 0.378 e. The summed E-state index contributed by atoms with van der Waals surface area (Å²) in [5.74, 6) is -0.659. The Kier molecular flexibility index (Phi) is 6.26. The van der Waals surface area contributed by atoms with Gasteiger partial charge >= 0.3 is 0 Å². The summed E-state index contributed by atoms with van der Waals surface area (Å²) in [5, 5.41) is 0.590. The fourth-order valence-corrected chi connectivity index (χ4v) is 5.07. The van der Waals surface area contributed by atoms with Gasteiger partial charge in [0.2, 0.25) is 5.91 Å². The van der Waals surface area contributed by atoms with Crippen LogP contribution in [0.4, 0.5) is 4.79 Å². The molecule has 1 aromatic heterocycles. The quantitative estimate of drug-likeness (QED) is 0.524. The molecule has 34 heavy (non-hydrogen) atoms. The van der Waals surface area contributed by atoms with Gasteiger partial charge in [-0.15, -0.1) is 0 Å². The van der Waals surface area contributed by atoms with E-state index < -0.39 is 11.1 Å². The molecule has 5 rings (SSSR count). The molecule has 2 aliphatic rings. The zero-order valence-electron chi connectivity index (χ0n) is 18.9. The topological polar surface area (TPSA) is 71.8 Å². The number of carbonyl (C=O) groups is 3. The molecule has 0 N–H and O–H groups in total. The zero-order chi connectivity index (χ0) is 23.7. The van der Waals surface area contributed by atoms with E-state index in [1.165, 1.54) is 11.1 Å². The van der Waals surface area contributed by atoms with E-state index in [0.29, 0.717) is 37.8 Å². The summed E-state index contributed by atoms with van der Waals surface area (Å²) in [5.41, 5.74) is 4.31. The lowest BCUT2D eigenvalue weighted by molar-refractivity contribution is -0.139. The molecule has 0 radical (unpaired) electrons. The van der Waals surface area contributed by atoms with E-state index in [1.807, 2.05) is 30.5 Å². The van der Waals surface area contributed by atoms with Crippen LogP contribution in [-0.2, 0) is 20.9 Å². The molecule has 0 bridgehead atoms. The fraction of sp³-hybridized carbons (Fsp3) is 0.269. The van der Waals surface area contributed by atoms with Crippen molar-refractivity contribution in [3.05, 3.63) is 76.3 Å². The Morgan fingerprint density at radius 1 is 1.06 bits per heavy atom. The number of morpholine rings is 1. The highest BCUT2D eigenvalue weighted by Crippen LogP contribution is 2.34. The van der Waals surface area contributed by atoms with E-state index in [0.717, 1.165) is 33.1 Å². The minimum absolute atomic E-state index is 0.235. The van der Waals surface area contributed by atoms with Gasteiger partial charge in [0.1, 0.15) is 6.54 Å². The molecule has 174 valence electrons. The van der Waals surface area contributed by atoms with Gasteiger partial charge in [-0.3, -0.25) is 19.3 Å². The third-order valence-corrected chi connectivity index (χ3v) is 7.02. The number of ether oxygens (including phenoxy) is 1. The van der Waals surface area contributed by atoms with Crippen LogP contribution >= 0.6 is 11.8 Å². The molecular weight excluding hydrogens is 450 g/mol. The number of para-hydroxylation sites is 1. The van der Waals surface area contributed by atoms with Crippen molar-refractivity contribution in [1.29, 1.82) is 0 Å². The molecule has 3 aromatic rings. The minimum atomic E-state index is -0.424. The first-order valence-electron chi connectivity index (χ1n) is 11.2. The minimum Gasteiger partial charge on any atom is -0.378 e. The maximum atomic E-state index is 13.0. The monoisotopic (exact) mass is 475 g/mol. The molecular formula is C26H25N3O4S. The third kappa shape index (κ3) is 4.51. The smallest absolute Gasteiger partial charge is 0.294 e.